The van der Waals surface area contributed by atoms with E-state index in [2.05, 4.69) is 5.32 Å². The lowest BCUT2D eigenvalue weighted by Crippen LogP contribution is -2.60. The highest BCUT2D eigenvalue weighted by Crippen LogP contribution is 2.31. The summed E-state index contributed by atoms with van der Waals surface area (Å²) in [6, 6.07) is -1.15. The Morgan fingerprint density at radius 1 is 1.31 bits per heavy atom. The zero-order chi connectivity index (χ0) is 12.3. The van der Waals surface area contributed by atoms with Crippen LogP contribution in [-0.2, 0) is 4.79 Å². The molecule has 16 heavy (non-hydrogen) atoms. The minimum absolute atomic E-state index is 0.413. The van der Waals surface area contributed by atoms with Crippen LogP contribution in [0.1, 0.15) is 0 Å². The molecule has 1 amide bonds. The van der Waals surface area contributed by atoms with Crippen LogP contribution in [-0.4, -0.2) is 68.6 Å². The molecule has 0 bridgehead atoms. The number of rotatable bonds is 3. The van der Waals surface area contributed by atoms with Gasteiger partial charge in [0.2, 0.25) is 0 Å². The Bertz CT molecular complexity index is 257. The highest BCUT2D eigenvalue weighted by Gasteiger charge is 2.43. The highest BCUT2D eigenvalue weighted by molar-refractivity contribution is 8.00. The van der Waals surface area contributed by atoms with E-state index in [0.717, 1.165) is 11.8 Å². The number of carbonyl (C=O) groups is 1. The smallest absolute Gasteiger partial charge is 0.251 e. The lowest BCUT2D eigenvalue weighted by atomic mass is 10.0. The summed E-state index contributed by atoms with van der Waals surface area (Å²) < 4.78 is 12.0. The van der Waals surface area contributed by atoms with E-state index in [4.69, 9.17) is 5.11 Å². The molecular weight excluding hydrogens is 241 g/mol. The van der Waals surface area contributed by atoms with Crippen LogP contribution < -0.4 is 5.32 Å². The monoisotopic (exact) mass is 255 g/mol. The first-order valence-electron chi connectivity index (χ1n) is 4.67. The van der Waals surface area contributed by atoms with Crippen LogP contribution in [0.2, 0.25) is 0 Å². The molecule has 0 spiro atoms. The second-order valence-corrected chi connectivity index (χ2v) is 4.82. The van der Waals surface area contributed by atoms with Crippen molar-refractivity contribution in [1.29, 1.82) is 0 Å². The van der Waals surface area contributed by atoms with E-state index in [0.29, 0.717) is 0 Å². The van der Waals surface area contributed by atoms with E-state index in [-0.39, 0.29) is 0 Å². The molecular formula is C8H14FNO5S. The Kier molecular flexibility index (Phi) is 4.93. The van der Waals surface area contributed by atoms with E-state index in [1.54, 1.807) is 0 Å². The Morgan fingerprint density at radius 3 is 2.44 bits per heavy atom. The molecule has 1 heterocycles. The lowest BCUT2D eigenvalue weighted by molar-refractivity contribution is -0.125. The van der Waals surface area contributed by atoms with Gasteiger partial charge in [-0.15, -0.1) is 11.8 Å². The van der Waals surface area contributed by atoms with Gasteiger partial charge in [-0.05, 0) is 0 Å². The summed E-state index contributed by atoms with van der Waals surface area (Å²) >= 11 is 0.817. The number of carbonyl (C=O) groups excluding carboxylic acids is 1. The van der Waals surface area contributed by atoms with E-state index < -0.39 is 48.1 Å². The summed E-state index contributed by atoms with van der Waals surface area (Å²) in [7, 11) is 0. The Labute approximate surface area is 95.5 Å². The molecule has 1 unspecified atom stereocenters. The predicted molar refractivity (Wildman–Crippen MR) is 54.4 cm³/mol. The number of alkyl halides is 1. The number of nitrogens with one attached hydrogen (secondary N) is 1. The fraction of sp³-hybridized carbons (Fsp3) is 0.875. The molecule has 0 radical (unpaired) electrons. The minimum atomic E-state index is -1.44. The van der Waals surface area contributed by atoms with Gasteiger partial charge in [-0.2, -0.15) is 0 Å². The number of hydrogen-bond donors (Lipinski definition) is 5. The van der Waals surface area contributed by atoms with Crippen LogP contribution in [0.3, 0.4) is 0 Å². The first-order valence-corrected chi connectivity index (χ1v) is 5.61. The number of aliphatic hydroxyl groups excluding tert-OH is 4. The van der Waals surface area contributed by atoms with Crippen molar-refractivity contribution in [3.63, 3.8) is 0 Å². The molecule has 8 heteroatoms. The molecule has 0 aromatic rings. The van der Waals surface area contributed by atoms with Crippen molar-refractivity contribution in [2.24, 2.45) is 0 Å². The van der Waals surface area contributed by atoms with E-state index in [1.807, 2.05) is 0 Å². The summed E-state index contributed by atoms with van der Waals surface area (Å²) in [5, 5.41) is 38.8. The van der Waals surface area contributed by atoms with E-state index in [1.165, 1.54) is 0 Å². The molecule has 1 rings (SSSR count). The van der Waals surface area contributed by atoms with Crippen LogP contribution in [0.25, 0.3) is 0 Å². The third-order valence-electron chi connectivity index (χ3n) is 2.35. The van der Waals surface area contributed by atoms with Gasteiger partial charge in [0.1, 0.15) is 11.5 Å². The fourth-order valence-electron chi connectivity index (χ4n) is 1.48. The van der Waals surface area contributed by atoms with Crippen LogP contribution in [0.5, 0.6) is 0 Å². The van der Waals surface area contributed by atoms with Crippen molar-refractivity contribution in [2.75, 3.05) is 13.3 Å². The molecule has 5 N–H and O–H groups in total. The first kappa shape index (κ1) is 13.7. The van der Waals surface area contributed by atoms with Crippen LogP contribution in [0.4, 0.5) is 4.39 Å². The third kappa shape index (κ3) is 2.83. The SMILES string of the molecule is O=C(CF)N[C@@H]1C(O)S[C@H](CO)[C@@H](O)[C@@H]1O. The standard InChI is InChI=1S/C8H14FNO5S/c9-1-4(12)10-5-7(14)6(13)3(2-11)16-8(5)15/h3,5-8,11,13-15H,1-2H2,(H,10,12)/t3-,5+,6-,7-,8?/m1/s1. The lowest BCUT2D eigenvalue weighted by Gasteiger charge is -2.39. The normalized spacial score (nSPS) is 39.4. The van der Waals surface area contributed by atoms with Crippen molar-refractivity contribution < 1.29 is 29.6 Å². The molecule has 0 aliphatic carbocycles. The quantitative estimate of drug-likeness (QED) is 0.384. The second kappa shape index (κ2) is 5.78. The molecule has 0 saturated carbocycles. The van der Waals surface area contributed by atoms with Crippen molar-refractivity contribution in [2.45, 2.75) is 28.9 Å². The van der Waals surface area contributed by atoms with Gasteiger partial charge in [-0.25, -0.2) is 4.39 Å². The zero-order valence-electron chi connectivity index (χ0n) is 8.28. The van der Waals surface area contributed by atoms with Gasteiger partial charge in [0, 0.05) is 0 Å². The summed E-state index contributed by atoms with van der Waals surface area (Å²) in [4.78, 5) is 10.8. The minimum Gasteiger partial charge on any atom is -0.395 e. The van der Waals surface area contributed by atoms with Gasteiger partial charge in [-0.3, -0.25) is 4.79 Å². The largest absolute Gasteiger partial charge is 0.395 e. The van der Waals surface area contributed by atoms with E-state index >= 15 is 0 Å². The van der Waals surface area contributed by atoms with Crippen molar-refractivity contribution >= 4 is 17.7 Å². The van der Waals surface area contributed by atoms with Gasteiger partial charge < -0.3 is 25.7 Å². The second-order valence-electron chi connectivity index (χ2n) is 3.46. The molecule has 1 aliphatic rings. The summed E-state index contributed by atoms with van der Waals surface area (Å²) in [6.45, 7) is -1.68. The summed E-state index contributed by atoms with van der Waals surface area (Å²) in [5.41, 5.74) is -1.20. The highest BCUT2D eigenvalue weighted by atomic mass is 32.2. The van der Waals surface area contributed by atoms with Crippen LogP contribution in [0.15, 0.2) is 0 Å². The third-order valence-corrected chi connectivity index (χ3v) is 3.70. The topological polar surface area (TPSA) is 110 Å². The molecule has 1 aliphatic heterocycles. The molecule has 1 fully saturated rings. The van der Waals surface area contributed by atoms with Gasteiger partial charge in [0.05, 0.1) is 24.0 Å². The summed E-state index contributed by atoms with van der Waals surface area (Å²) in [5.74, 6) is -0.974. The van der Waals surface area contributed by atoms with Crippen molar-refractivity contribution in [1.82, 2.24) is 5.32 Å². The molecule has 5 atom stereocenters. The number of halogens is 1. The Balaban J connectivity index is 2.67. The Morgan fingerprint density at radius 2 is 1.94 bits per heavy atom. The molecule has 6 nitrogen and oxygen atoms in total. The van der Waals surface area contributed by atoms with Crippen molar-refractivity contribution in [3.8, 4) is 0 Å². The number of amides is 1. The van der Waals surface area contributed by atoms with Crippen LogP contribution >= 0.6 is 11.8 Å². The van der Waals surface area contributed by atoms with Gasteiger partial charge in [-0.1, -0.05) is 0 Å². The van der Waals surface area contributed by atoms with Gasteiger partial charge in [0.15, 0.2) is 6.67 Å². The number of aliphatic hydroxyl groups is 4. The molecule has 94 valence electrons. The Hall–Kier alpha value is -0.410. The maximum Gasteiger partial charge on any atom is 0.251 e. The first-order chi connectivity index (χ1) is 7.51. The summed E-state index contributed by atoms with van der Waals surface area (Å²) in [6.07, 6.45) is -2.73. The predicted octanol–water partition coefficient (Wildman–Crippen LogP) is -2.41. The molecule has 1 saturated heterocycles. The van der Waals surface area contributed by atoms with Crippen LogP contribution in [0, 0.1) is 0 Å². The zero-order valence-corrected chi connectivity index (χ0v) is 9.10. The maximum atomic E-state index is 12.0. The molecule has 0 aromatic heterocycles. The van der Waals surface area contributed by atoms with Crippen molar-refractivity contribution in [3.05, 3.63) is 0 Å². The number of hydrogen-bond acceptors (Lipinski definition) is 6. The average molecular weight is 255 g/mol. The van der Waals surface area contributed by atoms with E-state index in [9.17, 15) is 24.5 Å². The van der Waals surface area contributed by atoms with Gasteiger partial charge >= 0.3 is 0 Å². The maximum absolute atomic E-state index is 12.0. The molecule has 0 aromatic carbocycles. The number of thioether (sulfide) groups is 1. The average Bonchev–Trinajstić information content (AvgIpc) is 2.28. The fourth-order valence-corrected chi connectivity index (χ4v) is 2.64. The van der Waals surface area contributed by atoms with Gasteiger partial charge in [0.25, 0.3) is 5.91 Å².